The molecule has 0 bridgehead atoms. The SMILES string of the molecule is CC(C)NC[C@@H](O)COc1ccccc1[C@H](C)NCCC(c1ccccc1)c1ccccc1. The number of aliphatic hydroxyl groups excluding tert-OH is 1. The highest BCUT2D eigenvalue weighted by molar-refractivity contribution is 5.36. The predicted molar refractivity (Wildman–Crippen MR) is 137 cm³/mol. The van der Waals surface area contributed by atoms with Gasteiger partial charge < -0.3 is 20.5 Å². The van der Waals surface area contributed by atoms with Crippen LogP contribution in [0.1, 0.15) is 55.8 Å². The first-order valence-corrected chi connectivity index (χ1v) is 12.0. The summed E-state index contributed by atoms with van der Waals surface area (Å²) in [5.41, 5.74) is 3.79. The third-order valence-corrected chi connectivity index (χ3v) is 5.87. The summed E-state index contributed by atoms with van der Waals surface area (Å²) in [4.78, 5) is 0. The van der Waals surface area contributed by atoms with Crippen molar-refractivity contribution in [3.8, 4) is 5.75 Å². The van der Waals surface area contributed by atoms with E-state index in [9.17, 15) is 5.11 Å². The van der Waals surface area contributed by atoms with Crippen LogP contribution >= 0.6 is 0 Å². The molecule has 0 aliphatic rings. The van der Waals surface area contributed by atoms with Crippen LogP contribution in [0.2, 0.25) is 0 Å². The van der Waals surface area contributed by atoms with Gasteiger partial charge in [0.2, 0.25) is 0 Å². The molecule has 0 unspecified atom stereocenters. The van der Waals surface area contributed by atoms with Crippen molar-refractivity contribution < 1.29 is 9.84 Å². The average molecular weight is 447 g/mol. The monoisotopic (exact) mass is 446 g/mol. The molecule has 3 rings (SSSR count). The standard InChI is InChI=1S/C29H38N2O2/c1-22(2)31-20-26(32)21-33-29-17-11-10-16-27(29)23(3)30-19-18-28(24-12-6-4-7-13-24)25-14-8-5-9-15-25/h4-17,22-23,26,28,30-32H,18-21H2,1-3H3/t23-,26+/m0/s1. The highest BCUT2D eigenvalue weighted by atomic mass is 16.5. The number of para-hydroxylation sites is 1. The fourth-order valence-corrected chi connectivity index (χ4v) is 4.04. The number of benzene rings is 3. The summed E-state index contributed by atoms with van der Waals surface area (Å²) in [6.07, 6.45) is 0.460. The van der Waals surface area contributed by atoms with Crippen LogP contribution in [-0.4, -0.2) is 36.9 Å². The molecule has 0 fully saturated rings. The van der Waals surface area contributed by atoms with Gasteiger partial charge in [-0.3, -0.25) is 0 Å². The Morgan fingerprint density at radius 2 is 1.33 bits per heavy atom. The molecule has 0 aliphatic carbocycles. The van der Waals surface area contributed by atoms with Gasteiger partial charge in [-0.05, 0) is 37.1 Å². The van der Waals surface area contributed by atoms with Crippen LogP contribution in [0.5, 0.6) is 5.75 Å². The Bertz CT molecular complexity index is 891. The number of hydrogen-bond acceptors (Lipinski definition) is 4. The summed E-state index contributed by atoms with van der Waals surface area (Å²) < 4.78 is 5.99. The molecule has 4 nitrogen and oxygen atoms in total. The van der Waals surface area contributed by atoms with Crippen LogP contribution in [-0.2, 0) is 0 Å². The first kappa shape index (κ1) is 25.0. The van der Waals surface area contributed by atoms with Crippen LogP contribution < -0.4 is 15.4 Å². The van der Waals surface area contributed by atoms with E-state index in [1.807, 2.05) is 18.2 Å². The number of nitrogens with one attached hydrogen (secondary N) is 2. The van der Waals surface area contributed by atoms with E-state index in [0.717, 1.165) is 24.3 Å². The summed E-state index contributed by atoms with van der Waals surface area (Å²) in [5, 5.41) is 17.1. The lowest BCUT2D eigenvalue weighted by Gasteiger charge is -2.22. The summed E-state index contributed by atoms with van der Waals surface area (Å²) in [7, 11) is 0. The van der Waals surface area contributed by atoms with Crippen molar-refractivity contribution in [2.24, 2.45) is 0 Å². The third kappa shape index (κ3) is 8.01. The van der Waals surface area contributed by atoms with E-state index in [4.69, 9.17) is 4.74 Å². The van der Waals surface area contributed by atoms with Crippen LogP contribution in [0.15, 0.2) is 84.9 Å². The van der Waals surface area contributed by atoms with Gasteiger partial charge in [-0.15, -0.1) is 0 Å². The molecule has 3 aromatic rings. The molecule has 0 saturated heterocycles. The van der Waals surface area contributed by atoms with Crippen molar-refractivity contribution in [2.45, 2.75) is 51.3 Å². The van der Waals surface area contributed by atoms with Crippen LogP contribution in [0.3, 0.4) is 0 Å². The molecule has 0 radical (unpaired) electrons. The average Bonchev–Trinajstić information content (AvgIpc) is 2.85. The lowest BCUT2D eigenvalue weighted by molar-refractivity contribution is 0.104. The Hall–Kier alpha value is -2.66. The van der Waals surface area contributed by atoms with Gasteiger partial charge in [-0.1, -0.05) is 92.7 Å². The minimum Gasteiger partial charge on any atom is -0.490 e. The summed E-state index contributed by atoms with van der Waals surface area (Å²) >= 11 is 0. The molecule has 0 aromatic heterocycles. The highest BCUT2D eigenvalue weighted by Crippen LogP contribution is 2.29. The maximum Gasteiger partial charge on any atom is 0.124 e. The van der Waals surface area contributed by atoms with Crippen LogP contribution in [0.25, 0.3) is 0 Å². The smallest absolute Gasteiger partial charge is 0.124 e. The first-order chi connectivity index (χ1) is 16.0. The second-order valence-electron chi connectivity index (χ2n) is 8.90. The number of hydrogen-bond donors (Lipinski definition) is 3. The van der Waals surface area contributed by atoms with Gasteiger partial charge in [0.1, 0.15) is 18.5 Å². The van der Waals surface area contributed by atoms with E-state index < -0.39 is 6.10 Å². The molecule has 4 heteroatoms. The Kier molecular flexibility index (Phi) is 9.95. The molecule has 0 aliphatic heterocycles. The van der Waals surface area contributed by atoms with Gasteiger partial charge in [-0.2, -0.15) is 0 Å². The maximum absolute atomic E-state index is 10.2. The number of ether oxygens (including phenoxy) is 1. The molecule has 3 N–H and O–H groups in total. The molecule has 3 aromatic carbocycles. The van der Waals surface area contributed by atoms with Gasteiger partial charge in [0.25, 0.3) is 0 Å². The van der Waals surface area contributed by atoms with E-state index in [2.05, 4.69) is 98.1 Å². The lowest BCUT2D eigenvalue weighted by Crippen LogP contribution is -2.35. The van der Waals surface area contributed by atoms with E-state index in [0.29, 0.717) is 18.5 Å². The van der Waals surface area contributed by atoms with Crippen LogP contribution in [0.4, 0.5) is 0 Å². The third-order valence-electron chi connectivity index (χ3n) is 5.87. The molecule has 0 heterocycles. The molecule has 0 spiro atoms. The van der Waals surface area contributed by atoms with Crippen molar-refractivity contribution in [3.05, 3.63) is 102 Å². The Morgan fingerprint density at radius 3 is 1.94 bits per heavy atom. The van der Waals surface area contributed by atoms with Crippen molar-refractivity contribution in [2.75, 3.05) is 19.7 Å². The molecule has 0 amide bonds. The van der Waals surface area contributed by atoms with Gasteiger partial charge in [0.15, 0.2) is 0 Å². The molecule has 0 saturated carbocycles. The van der Waals surface area contributed by atoms with E-state index in [1.165, 1.54) is 11.1 Å². The Labute approximate surface area is 199 Å². The fraction of sp³-hybridized carbons (Fsp3) is 0.379. The van der Waals surface area contributed by atoms with Gasteiger partial charge >= 0.3 is 0 Å². The number of rotatable bonds is 13. The Balaban J connectivity index is 1.59. The molecular weight excluding hydrogens is 408 g/mol. The predicted octanol–water partition coefficient (Wildman–Crippen LogP) is 5.30. The fourth-order valence-electron chi connectivity index (χ4n) is 4.04. The summed E-state index contributed by atoms with van der Waals surface area (Å²) in [6.45, 7) is 7.97. The minimum atomic E-state index is -0.541. The van der Waals surface area contributed by atoms with Crippen LogP contribution in [0, 0.1) is 0 Å². The maximum atomic E-state index is 10.2. The lowest BCUT2D eigenvalue weighted by atomic mass is 9.88. The molecular formula is C29H38N2O2. The summed E-state index contributed by atoms with van der Waals surface area (Å²) in [6, 6.07) is 30.0. The van der Waals surface area contributed by atoms with E-state index >= 15 is 0 Å². The Morgan fingerprint density at radius 1 is 0.758 bits per heavy atom. The van der Waals surface area contributed by atoms with E-state index in [-0.39, 0.29) is 12.6 Å². The zero-order valence-corrected chi connectivity index (χ0v) is 20.1. The highest BCUT2D eigenvalue weighted by Gasteiger charge is 2.16. The second-order valence-corrected chi connectivity index (χ2v) is 8.90. The normalized spacial score (nSPS) is 13.3. The van der Waals surface area contributed by atoms with Crippen molar-refractivity contribution >= 4 is 0 Å². The van der Waals surface area contributed by atoms with Crippen molar-refractivity contribution in [1.82, 2.24) is 10.6 Å². The van der Waals surface area contributed by atoms with Gasteiger partial charge in [0, 0.05) is 30.1 Å². The van der Waals surface area contributed by atoms with Gasteiger partial charge in [0.05, 0.1) is 0 Å². The molecule has 2 atom stereocenters. The first-order valence-electron chi connectivity index (χ1n) is 12.0. The zero-order chi connectivity index (χ0) is 23.5. The molecule has 176 valence electrons. The largest absolute Gasteiger partial charge is 0.490 e. The van der Waals surface area contributed by atoms with Crippen molar-refractivity contribution in [1.29, 1.82) is 0 Å². The number of aliphatic hydroxyl groups is 1. The minimum absolute atomic E-state index is 0.138. The molecule has 33 heavy (non-hydrogen) atoms. The van der Waals surface area contributed by atoms with E-state index in [1.54, 1.807) is 0 Å². The summed E-state index contributed by atoms with van der Waals surface area (Å²) in [5.74, 6) is 1.17. The van der Waals surface area contributed by atoms with Gasteiger partial charge in [-0.25, -0.2) is 0 Å². The topological polar surface area (TPSA) is 53.5 Å². The quantitative estimate of drug-likeness (QED) is 0.334. The zero-order valence-electron chi connectivity index (χ0n) is 20.1. The van der Waals surface area contributed by atoms with Crippen molar-refractivity contribution in [3.63, 3.8) is 0 Å². The second kappa shape index (κ2) is 13.1.